The number of carbonyl (C=O) groups excluding carboxylic acids is 1. The Morgan fingerprint density at radius 2 is 1.87 bits per heavy atom. The molecule has 7 heteroatoms. The van der Waals surface area contributed by atoms with E-state index in [1.807, 2.05) is 12.1 Å². The highest BCUT2D eigenvalue weighted by molar-refractivity contribution is 5.99. The quantitative estimate of drug-likeness (QED) is 0.602. The van der Waals surface area contributed by atoms with E-state index in [0.29, 0.717) is 6.54 Å². The molecule has 2 aromatic heterocycles. The van der Waals surface area contributed by atoms with E-state index < -0.39 is 0 Å². The number of fused-ring (bicyclic) bond motifs is 3. The van der Waals surface area contributed by atoms with Gasteiger partial charge < -0.3 is 15.2 Å². The molecule has 0 atom stereocenters. The number of hydrogen-bond donors (Lipinski definition) is 2. The molecule has 2 aliphatic rings. The molecule has 1 fully saturated rings. The first-order valence-electron chi connectivity index (χ1n) is 11.4. The number of hydrogen-bond acceptors (Lipinski definition) is 5. The van der Waals surface area contributed by atoms with E-state index in [0.717, 1.165) is 69.0 Å². The van der Waals surface area contributed by atoms with Crippen molar-refractivity contribution in [2.45, 2.75) is 32.1 Å². The van der Waals surface area contributed by atoms with Gasteiger partial charge >= 0.3 is 0 Å². The van der Waals surface area contributed by atoms with Crippen molar-refractivity contribution in [3.8, 4) is 0 Å². The van der Waals surface area contributed by atoms with Crippen molar-refractivity contribution >= 4 is 22.8 Å². The van der Waals surface area contributed by atoms with Crippen LogP contribution in [0.1, 0.15) is 40.9 Å². The molecule has 0 bridgehead atoms. The Morgan fingerprint density at radius 1 is 1.06 bits per heavy atom. The average molecular weight is 419 g/mol. The molecule has 162 valence electrons. The van der Waals surface area contributed by atoms with E-state index in [9.17, 15) is 4.79 Å². The third-order valence-corrected chi connectivity index (χ3v) is 6.50. The SMILES string of the molecule is O=C(NCCCN1CCN(c2ncccn2)CC1)c1ccc2[nH]c3c(c2c1)CCCC3. The number of carbonyl (C=O) groups is 1. The normalized spacial score (nSPS) is 17.0. The van der Waals surface area contributed by atoms with Crippen LogP contribution >= 0.6 is 0 Å². The van der Waals surface area contributed by atoms with E-state index in [-0.39, 0.29) is 5.91 Å². The zero-order valence-electron chi connectivity index (χ0n) is 17.9. The summed E-state index contributed by atoms with van der Waals surface area (Å²) in [6.07, 6.45) is 9.27. The fourth-order valence-electron chi connectivity index (χ4n) is 4.78. The van der Waals surface area contributed by atoms with Crippen LogP contribution in [0.2, 0.25) is 0 Å². The summed E-state index contributed by atoms with van der Waals surface area (Å²) in [6, 6.07) is 7.90. The van der Waals surface area contributed by atoms with Crippen LogP contribution in [0.3, 0.4) is 0 Å². The summed E-state index contributed by atoms with van der Waals surface area (Å²) in [7, 11) is 0. The molecule has 1 saturated heterocycles. The lowest BCUT2D eigenvalue weighted by atomic mass is 9.95. The molecule has 1 aliphatic heterocycles. The highest BCUT2D eigenvalue weighted by Crippen LogP contribution is 2.29. The lowest BCUT2D eigenvalue weighted by molar-refractivity contribution is 0.0951. The number of aromatic amines is 1. The van der Waals surface area contributed by atoms with Crippen LogP contribution in [0.4, 0.5) is 5.95 Å². The van der Waals surface area contributed by atoms with Crippen LogP contribution in [0.25, 0.3) is 10.9 Å². The summed E-state index contributed by atoms with van der Waals surface area (Å²) in [5.41, 5.74) is 4.69. The first kappa shape index (κ1) is 20.0. The van der Waals surface area contributed by atoms with Gasteiger partial charge in [0.15, 0.2) is 0 Å². The Labute approximate surface area is 182 Å². The molecule has 0 unspecified atom stereocenters. The van der Waals surface area contributed by atoms with Gasteiger partial charge in [0.25, 0.3) is 5.91 Å². The van der Waals surface area contributed by atoms with Gasteiger partial charge in [-0.1, -0.05) is 0 Å². The summed E-state index contributed by atoms with van der Waals surface area (Å²) in [5, 5.41) is 4.33. The summed E-state index contributed by atoms with van der Waals surface area (Å²) in [4.78, 5) is 29.6. The van der Waals surface area contributed by atoms with Gasteiger partial charge in [0, 0.05) is 67.3 Å². The molecule has 0 spiro atoms. The van der Waals surface area contributed by atoms with Crippen LogP contribution in [0.15, 0.2) is 36.7 Å². The molecule has 31 heavy (non-hydrogen) atoms. The molecular weight excluding hydrogens is 388 g/mol. The monoisotopic (exact) mass is 418 g/mol. The number of H-pyrrole nitrogens is 1. The summed E-state index contributed by atoms with van der Waals surface area (Å²) >= 11 is 0. The van der Waals surface area contributed by atoms with E-state index in [1.165, 1.54) is 29.5 Å². The number of nitrogens with zero attached hydrogens (tertiary/aromatic N) is 4. The van der Waals surface area contributed by atoms with Gasteiger partial charge in [-0.15, -0.1) is 0 Å². The maximum absolute atomic E-state index is 12.7. The van der Waals surface area contributed by atoms with Gasteiger partial charge in [-0.3, -0.25) is 9.69 Å². The zero-order valence-corrected chi connectivity index (χ0v) is 17.9. The summed E-state index contributed by atoms with van der Waals surface area (Å²) in [6.45, 7) is 5.58. The molecule has 1 amide bonds. The Balaban J connectivity index is 1.08. The molecule has 1 aromatic carbocycles. The van der Waals surface area contributed by atoms with Crippen LogP contribution in [0, 0.1) is 0 Å². The predicted molar refractivity (Wildman–Crippen MR) is 123 cm³/mol. The van der Waals surface area contributed by atoms with Gasteiger partial charge in [-0.05, 0) is 68.5 Å². The molecule has 0 radical (unpaired) electrons. The van der Waals surface area contributed by atoms with E-state index in [2.05, 4.69) is 42.2 Å². The van der Waals surface area contributed by atoms with Gasteiger partial charge in [0.05, 0.1) is 0 Å². The molecule has 0 saturated carbocycles. The third kappa shape index (κ3) is 4.42. The van der Waals surface area contributed by atoms with E-state index in [4.69, 9.17) is 0 Å². The van der Waals surface area contributed by atoms with Crippen molar-refractivity contribution in [3.63, 3.8) is 0 Å². The Hall–Kier alpha value is -2.93. The number of rotatable bonds is 6. The number of anilines is 1. The second-order valence-corrected chi connectivity index (χ2v) is 8.54. The number of nitrogens with one attached hydrogen (secondary N) is 2. The Kier molecular flexibility index (Phi) is 5.84. The largest absolute Gasteiger partial charge is 0.358 e. The van der Waals surface area contributed by atoms with Crippen molar-refractivity contribution in [1.82, 2.24) is 25.2 Å². The molecule has 7 nitrogen and oxygen atoms in total. The van der Waals surface area contributed by atoms with Gasteiger partial charge in [0.2, 0.25) is 5.95 Å². The summed E-state index contributed by atoms with van der Waals surface area (Å²) in [5.74, 6) is 0.841. The molecule has 5 rings (SSSR count). The van der Waals surface area contributed by atoms with Crippen LogP contribution < -0.4 is 10.2 Å². The topological polar surface area (TPSA) is 77.2 Å². The van der Waals surface area contributed by atoms with Gasteiger partial charge in [-0.25, -0.2) is 9.97 Å². The smallest absolute Gasteiger partial charge is 0.251 e. The minimum Gasteiger partial charge on any atom is -0.358 e. The second kappa shape index (κ2) is 9.06. The van der Waals surface area contributed by atoms with Gasteiger partial charge in [-0.2, -0.15) is 0 Å². The van der Waals surface area contributed by atoms with E-state index >= 15 is 0 Å². The first-order chi connectivity index (χ1) is 15.3. The van der Waals surface area contributed by atoms with Crippen LogP contribution in [-0.2, 0) is 12.8 Å². The van der Waals surface area contributed by atoms with Crippen LogP contribution in [-0.4, -0.2) is 65.0 Å². The number of benzene rings is 1. The zero-order chi connectivity index (χ0) is 21.0. The second-order valence-electron chi connectivity index (χ2n) is 8.54. The van der Waals surface area contributed by atoms with Gasteiger partial charge in [0.1, 0.15) is 0 Å². The predicted octanol–water partition coefficient (Wildman–Crippen LogP) is 2.78. The van der Waals surface area contributed by atoms with E-state index in [1.54, 1.807) is 12.4 Å². The molecule has 3 heterocycles. The van der Waals surface area contributed by atoms with Crippen LogP contribution in [0.5, 0.6) is 0 Å². The number of piperazine rings is 1. The number of aromatic nitrogens is 3. The number of amides is 1. The van der Waals surface area contributed by atoms with Crippen molar-refractivity contribution in [2.75, 3.05) is 44.2 Å². The minimum atomic E-state index is 0.0266. The lowest BCUT2D eigenvalue weighted by Gasteiger charge is -2.34. The molecule has 1 aliphatic carbocycles. The molecule has 3 aromatic rings. The van der Waals surface area contributed by atoms with Crippen molar-refractivity contribution in [3.05, 3.63) is 53.5 Å². The Morgan fingerprint density at radius 3 is 2.71 bits per heavy atom. The molecular formula is C24H30N6O. The van der Waals surface area contributed by atoms with Crippen molar-refractivity contribution in [2.24, 2.45) is 0 Å². The number of aryl methyl sites for hydroxylation is 2. The Bertz CT molecular complexity index is 1040. The van der Waals surface area contributed by atoms with Crippen molar-refractivity contribution in [1.29, 1.82) is 0 Å². The highest BCUT2D eigenvalue weighted by Gasteiger charge is 2.19. The average Bonchev–Trinajstić information content (AvgIpc) is 3.20. The fraction of sp³-hybridized carbons (Fsp3) is 0.458. The third-order valence-electron chi connectivity index (χ3n) is 6.50. The maximum Gasteiger partial charge on any atom is 0.251 e. The van der Waals surface area contributed by atoms with Crippen molar-refractivity contribution < 1.29 is 4.79 Å². The lowest BCUT2D eigenvalue weighted by Crippen LogP contribution is -2.47. The summed E-state index contributed by atoms with van der Waals surface area (Å²) < 4.78 is 0. The molecule has 2 N–H and O–H groups in total. The highest BCUT2D eigenvalue weighted by atomic mass is 16.1. The fourth-order valence-corrected chi connectivity index (χ4v) is 4.78. The minimum absolute atomic E-state index is 0.0266. The first-order valence-corrected chi connectivity index (χ1v) is 11.4. The maximum atomic E-state index is 12.7. The standard InChI is InChI=1S/C24H30N6O/c31-23(18-7-8-22-20(17-18)19-5-1-2-6-21(19)28-22)25-11-4-12-29-13-15-30(16-14-29)24-26-9-3-10-27-24/h3,7-10,17,28H,1-2,4-6,11-16H2,(H,25,31).